The molecule has 0 unspecified atom stereocenters. The van der Waals surface area contributed by atoms with Crippen LogP contribution >= 0.6 is 0 Å². The van der Waals surface area contributed by atoms with Crippen molar-refractivity contribution in [2.45, 2.75) is 0 Å². The standard InChI is InChI=1S/C48H33BN2/c1-3-18-34(19-4-1)36-22-8-13-29-43(36)51-46-32-16-12-28-42(46)49-41-27-11-7-23-37(41)38-24-9-14-30-44(38)50(35-20-5-2-6-21-35)45-31-15-10-25-39(45)40-26-17-33-47(51)48(40)49/h1-33H. The molecule has 0 amide bonds. The highest BCUT2D eigenvalue weighted by Crippen LogP contribution is 2.47. The van der Waals surface area contributed by atoms with Gasteiger partial charge in [0.1, 0.15) is 0 Å². The van der Waals surface area contributed by atoms with E-state index in [4.69, 9.17) is 0 Å². The number of hydrogen-bond acceptors (Lipinski definition) is 2. The third kappa shape index (κ3) is 4.66. The summed E-state index contributed by atoms with van der Waals surface area (Å²) in [5.74, 6) is 0. The zero-order chi connectivity index (χ0) is 33.7. The van der Waals surface area contributed by atoms with Gasteiger partial charge in [0, 0.05) is 33.8 Å². The summed E-state index contributed by atoms with van der Waals surface area (Å²) in [5, 5.41) is 0. The molecule has 238 valence electrons. The first kappa shape index (κ1) is 29.4. The molecule has 51 heavy (non-hydrogen) atoms. The summed E-state index contributed by atoms with van der Waals surface area (Å²) in [6.07, 6.45) is 0. The van der Waals surface area contributed by atoms with Crippen LogP contribution in [0.2, 0.25) is 0 Å². The third-order valence-corrected chi connectivity index (χ3v) is 10.5. The van der Waals surface area contributed by atoms with E-state index in [1.54, 1.807) is 0 Å². The number of para-hydroxylation sites is 5. The SMILES string of the molecule is c1ccc(-c2ccccc2N2c3ccccc3B3c4ccccc4-c4ccccc4N(c4ccccc4)c4ccccc4-c4cccc2c43)cc1. The first-order valence-electron chi connectivity index (χ1n) is 17.7. The minimum absolute atomic E-state index is 0.00637. The number of fused-ring (bicyclic) bond motifs is 8. The van der Waals surface area contributed by atoms with Crippen LogP contribution in [0, 0.1) is 0 Å². The Hall–Kier alpha value is -6.58. The van der Waals surface area contributed by atoms with Gasteiger partial charge in [0.05, 0.1) is 17.1 Å². The minimum atomic E-state index is -0.00637. The molecule has 10 rings (SSSR count). The second-order valence-corrected chi connectivity index (χ2v) is 13.2. The Labute approximate surface area is 299 Å². The summed E-state index contributed by atoms with van der Waals surface area (Å²) < 4.78 is 0. The average molecular weight is 649 g/mol. The molecule has 8 aromatic carbocycles. The van der Waals surface area contributed by atoms with Crippen LogP contribution < -0.4 is 26.2 Å². The molecule has 8 aromatic rings. The second kappa shape index (κ2) is 12.1. The zero-order valence-corrected chi connectivity index (χ0v) is 28.0. The largest absolute Gasteiger partial charge is 0.311 e. The number of hydrogen-bond donors (Lipinski definition) is 0. The lowest BCUT2D eigenvalue weighted by atomic mass is 9.33. The fourth-order valence-electron chi connectivity index (χ4n) is 8.39. The van der Waals surface area contributed by atoms with Crippen molar-refractivity contribution in [3.8, 4) is 33.4 Å². The highest BCUT2D eigenvalue weighted by molar-refractivity contribution is 6.99. The molecule has 0 aliphatic carbocycles. The molecular weight excluding hydrogens is 615 g/mol. The Morgan fingerprint density at radius 1 is 0.275 bits per heavy atom. The topological polar surface area (TPSA) is 6.48 Å². The van der Waals surface area contributed by atoms with Crippen LogP contribution in [0.15, 0.2) is 200 Å². The van der Waals surface area contributed by atoms with Crippen molar-refractivity contribution in [1.82, 2.24) is 0 Å². The molecule has 0 aromatic heterocycles. The van der Waals surface area contributed by atoms with Gasteiger partial charge in [-0.05, 0) is 70.1 Å². The van der Waals surface area contributed by atoms with Crippen LogP contribution in [0.3, 0.4) is 0 Å². The fourth-order valence-corrected chi connectivity index (χ4v) is 8.39. The minimum Gasteiger partial charge on any atom is -0.311 e. The lowest BCUT2D eigenvalue weighted by Crippen LogP contribution is -2.58. The third-order valence-electron chi connectivity index (χ3n) is 10.5. The molecule has 0 atom stereocenters. The van der Waals surface area contributed by atoms with E-state index in [9.17, 15) is 0 Å². The molecule has 0 saturated carbocycles. The summed E-state index contributed by atoms with van der Waals surface area (Å²) in [6, 6.07) is 73.2. The molecule has 0 saturated heterocycles. The smallest absolute Gasteiger partial charge is 0.248 e. The molecule has 2 nitrogen and oxygen atoms in total. The molecule has 0 radical (unpaired) electrons. The first-order valence-corrected chi connectivity index (χ1v) is 17.7. The Morgan fingerprint density at radius 2 is 0.725 bits per heavy atom. The van der Waals surface area contributed by atoms with Gasteiger partial charge in [-0.1, -0.05) is 163 Å². The van der Waals surface area contributed by atoms with Crippen LogP contribution in [0.25, 0.3) is 33.4 Å². The Morgan fingerprint density at radius 3 is 1.41 bits per heavy atom. The molecule has 2 aliphatic rings. The van der Waals surface area contributed by atoms with Gasteiger partial charge in [0.15, 0.2) is 0 Å². The van der Waals surface area contributed by atoms with Crippen molar-refractivity contribution in [1.29, 1.82) is 0 Å². The molecule has 0 N–H and O–H groups in total. The van der Waals surface area contributed by atoms with Crippen molar-refractivity contribution < 1.29 is 0 Å². The summed E-state index contributed by atoms with van der Waals surface area (Å²) in [5.41, 5.74) is 18.2. The van der Waals surface area contributed by atoms with Gasteiger partial charge in [-0.15, -0.1) is 0 Å². The normalized spacial score (nSPS) is 12.6. The average Bonchev–Trinajstić information content (AvgIpc) is 3.21. The summed E-state index contributed by atoms with van der Waals surface area (Å²) in [6.45, 7) is -0.00637. The molecule has 3 heteroatoms. The molecule has 2 heterocycles. The summed E-state index contributed by atoms with van der Waals surface area (Å²) in [4.78, 5) is 4.95. The Bertz CT molecular complexity index is 2560. The van der Waals surface area contributed by atoms with Crippen LogP contribution in [-0.2, 0) is 0 Å². The predicted octanol–water partition coefficient (Wildman–Crippen LogP) is 10.8. The number of rotatable bonds is 3. The lowest BCUT2D eigenvalue weighted by Gasteiger charge is -2.40. The van der Waals surface area contributed by atoms with Crippen molar-refractivity contribution >= 4 is 57.2 Å². The summed E-state index contributed by atoms with van der Waals surface area (Å²) in [7, 11) is 0. The molecule has 0 bridgehead atoms. The van der Waals surface area contributed by atoms with E-state index in [2.05, 4.69) is 210 Å². The van der Waals surface area contributed by atoms with E-state index in [0.29, 0.717) is 0 Å². The van der Waals surface area contributed by atoms with Crippen molar-refractivity contribution in [3.05, 3.63) is 200 Å². The van der Waals surface area contributed by atoms with Gasteiger partial charge in [-0.3, -0.25) is 0 Å². The zero-order valence-electron chi connectivity index (χ0n) is 28.0. The van der Waals surface area contributed by atoms with Crippen molar-refractivity contribution in [2.24, 2.45) is 0 Å². The van der Waals surface area contributed by atoms with Gasteiger partial charge in [-0.2, -0.15) is 0 Å². The maximum absolute atomic E-state index is 2.51. The van der Waals surface area contributed by atoms with Crippen LogP contribution in [0.4, 0.5) is 34.1 Å². The molecular formula is C48H33BN2. The van der Waals surface area contributed by atoms with E-state index in [1.807, 2.05) is 0 Å². The van der Waals surface area contributed by atoms with E-state index in [0.717, 1.165) is 22.7 Å². The Balaban J connectivity index is 1.35. The fraction of sp³-hybridized carbons (Fsp3) is 0. The van der Waals surface area contributed by atoms with E-state index >= 15 is 0 Å². The predicted molar refractivity (Wildman–Crippen MR) is 217 cm³/mol. The molecule has 0 fully saturated rings. The Kier molecular flexibility index (Phi) is 6.95. The van der Waals surface area contributed by atoms with Crippen molar-refractivity contribution in [2.75, 3.05) is 9.80 Å². The highest BCUT2D eigenvalue weighted by atomic mass is 15.2. The van der Waals surface area contributed by atoms with Crippen LogP contribution in [-0.4, -0.2) is 6.71 Å². The molecule has 0 spiro atoms. The van der Waals surface area contributed by atoms with Gasteiger partial charge in [0.25, 0.3) is 0 Å². The highest BCUT2D eigenvalue weighted by Gasteiger charge is 2.40. The number of nitrogens with zero attached hydrogens (tertiary/aromatic N) is 2. The van der Waals surface area contributed by atoms with Gasteiger partial charge < -0.3 is 9.80 Å². The van der Waals surface area contributed by atoms with E-state index < -0.39 is 0 Å². The maximum Gasteiger partial charge on any atom is 0.248 e. The van der Waals surface area contributed by atoms with Crippen LogP contribution in [0.1, 0.15) is 0 Å². The quantitative estimate of drug-likeness (QED) is 0.176. The van der Waals surface area contributed by atoms with Crippen molar-refractivity contribution in [3.63, 3.8) is 0 Å². The second-order valence-electron chi connectivity index (χ2n) is 13.2. The molecule has 2 aliphatic heterocycles. The van der Waals surface area contributed by atoms with Crippen LogP contribution in [0.5, 0.6) is 0 Å². The number of benzene rings is 8. The maximum atomic E-state index is 2.51. The van der Waals surface area contributed by atoms with Gasteiger partial charge in [-0.25, -0.2) is 0 Å². The monoisotopic (exact) mass is 648 g/mol. The summed E-state index contributed by atoms with van der Waals surface area (Å²) >= 11 is 0. The van der Waals surface area contributed by atoms with E-state index in [1.165, 1.54) is 61.1 Å². The number of anilines is 6. The van der Waals surface area contributed by atoms with Gasteiger partial charge >= 0.3 is 0 Å². The lowest BCUT2D eigenvalue weighted by molar-refractivity contribution is 1.28. The van der Waals surface area contributed by atoms with Gasteiger partial charge in [0.2, 0.25) is 6.71 Å². The first-order chi connectivity index (χ1) is 25.4. The van der Waals surface area contributed by atoms with E-state index in [-0.39, 0.29) is 6.71 Å².